The molecule has 3 nitrogen and oxygen atoms in total. The monoisotopic (exact) mass is 264 g/mol. The molecule has 19 heavy (non-hydrogen) atoms. The molecule has 0 aliphatic carbocycles. The van der Waals surface area contributed by atoms with Crippen LogP contribution in [0.5, 0.6) is 5.75 Å². The highest BCUT2D eigenvalue weighted by Crippen LogP contribution is 2.12. The molecular weight excluding hydrogens is 236 g/mol. The summed E-state index contributed by atoms with van der Waals surface area (Å²) in [5, 5.41) is 3.59. The molecule has 1 aromatic rings. The predicted octanol–water partition coefficient (Wildman–Crippen LogP) is 2.56. The van der Waals surface area contributed by atoms with Crippen LogP contribution in [0.3, 0.4) is 0 Å². The van der Waals surface area contributed by atoms with E-state index in [1.54, 1.807) is 7.11 Å². The van der Waals surface area contributed by atoms with Gasteiger partial charge in [0.15, 0.2) is 0 Å². The van der Waals surface area contributed by atoms with Crippen molar-refractivity contribution in [3.05, 3.63) is 29.8 Å². The third-order valence-corrected chi connectivity index (χ3v) is 3.47. The Hall–Kier alpha value is -1.06. The number of hydrogen-bond acceptors (Lipinski definition) is 3. The fourth-order valence-electron chi connectivity index (χ4n) is 2.22. The molecule has 1 rings (SSSR count). The van der Waals surface area contributed by atoms with E-state index in [9.17, 15) is 0 Å². The second-order valence-electron chi connectivity index (χ2n) is 4.94. The Bertz CT molecular complexity index is 350. The Kier molecular flexibility index (Phi) is 7.53. The van der Waals surface area contributed by atoms with Crippen LogP contribution >= 0.6 is 0 Å². The summed E-state index contributed by atoms with van der Waals surface area (Å²) in [4.78, 5) is 2.45. The van der Waals surface area contributed by atoms with Gasteiger partial charge in [-0.25, -0.2) is 0 Å². The lowest BCUT2D eigenvalue weighted by molar-refractivity contribution is 0.272. The highest BCUT2D eigenvalue weighted by atomic mass is 16.5. The molecule has 0 heterocycles. The molecule has 1 atom stereocenters. The molecule has 0 aliphatic heterocycles. The van der Waals surface area contributed by atoms with Gasteiger partial charge >= 0.3 is 0 Å². The lowest BCUT2D eigenvalue weighted by Crippen LogP contribution is -2.39. The summed E-state index contributed by atoms with van der Waals surface area (Å²) in [5.74, 6) is 0.939. The number of rotatable bonds is 9. The first kappa shape index (κ1) is 16.0. The number of nitrogens with zero attached hydrogens (tertiary/aromatic N) is 1. The van der Waals surface area contributed by atoms with E-state index in [1.807, 2.05) is 12.1 Å². The highest BCUT2D eigenvalue weighted by Gasteiger charge is 2.06. The number of methoxy groups -OCH3 is 1. The molecule has 0 fully saturated rings. The van der Waals surface area contributed by atoms with Gasteiger partial charge in [-0.3, -0.25) is 0 Å². The van der Waals surface area contributed by atoms with Crippen molar-refractivity contribution in [3.8, 4) is 5.75 Å². The molecule has 1 N–H and O–H groups in total. The van der Waals surface area contributed by atoms with Crippen LogP contribution < -0.4 is 10.1 Å². The molecule has 0 spiro atoms. The van der Waals surface area contributed by atoms with Crippen LogP contribution in [-0.4, -0.2) is 44.2 Å². The van der Waals surface area contributed by atoms with Gasteiger partial charge in [0, 0.05) is 12.6 Å². The van der Waals surface area contributed by atoms with Gasteiger partial charge in [0.05, 0.1) is 7.11 Å². The summed E-state index contributed by atoms with van der Waals surface area (Å²) in [5.41, 5.74) is 1.32. The molecule has 0 amide bonds. The number of hydrogen-bond donors (Lipinski definition) is 1. The smallest absolute Gasteiger partial charge is 0.119 e. The van der Waals surface area contributed by atoms with Gasteiger partial charge in [0.25, 0.3) is 0 Å². The molecule has 0 bridgehead atoms. The normalized spacial score (nSPS) is 12.7. The Morgan fingerprint density at radius 2 is 2.00 bits per heavy atom. The van der Waals surface area contributed by atoms with Crippen molar-refractivity contribution in [2.45, 2.75) is 33.2 Å². The predicted molar refractivity (Wildman–Crippen MR) is 82.0 cm³/mol. The Balaban J connectivity index is 2.29. The van der Waals surface area contributed by atoms with Crippen molar-refractivity contribution in [1.82, 2.24) is 10.2 Å². The first-order chi connectivity index (χ1) is 9.19. The Morgan fingerprint density at radius 3 is 2.63 bits per heavy atom. The lowest BCUT2D eigenvalue weighted by atomic mass is 10.1. The first-order valence-electron chi connectivity index (χ1n) is 7.28. The van der Waals surface area contributed by atoms with E-state index < -0.39 is 0 Å². The number of ether oxygens (including phenoxy) is 1. The van der Waals surface area contributed by atoms with Crippen LogP contribution in [0.25, 0.3) is 0 Å². The van der Waals surface area contributed by atoms with Crippen molar-refractivity contribution in [2.75, 3.05) is 33.3 Å². The number of likely N-dealkylation sites (N-methyl/N-ethyl adjacent to an activating group) is 1. The molecule has 0 aliphatic rings. The van der Waals surface area contributed by atoms with Crippen LogP contribution in [0.1, 0.15) is 26.3 Å². The zero-order valence-corrected chi connectivity index (χ0v) is 12.8. The fourth-order valence-corrected chi connectivity index (χ4v) is 2.22. The van der Waals surface area contributed by atoms with Crippen molar-refractivity contribution in [3.63, 3.8) is 0 Å². The second kappa shape index (κ2) is 8.94. The molecule has 3 heteroatoms. The van der Waals surface area contributed by atoms with Gasteiger partial charge in [-0.1, -0.05) is 26.0 Å². The van der Waals surface area contributed by atoms with Crippen molar-refractivity contribution in [1.29, 1.82) is 0 Å². The number of benzene rings is 1. The van der Waals surface area contributed by atoms with Crippen LogP contribution in [0.15, 0.2) is 24.3 Å². The van der Waals surface area contributed by atoms with Crippen molar-refractivity contribution in [2.24, 2.45) is 0 Å². The second-order valence-corrected chi connectivity index (χ2v) is 4.94. The summed E-state index contributed by atoms with van der Waals surface area (Å²) in [6.45, 7) is 11.1. The minimum atomic E-state index is 0.533. The Labute approximate surface area is 118 Å². The topological polar surface area (TPSA) is 24.5 Å². The summed E-state index contributed by atoms with van der Waals surface area (Å²) >= 11 is 0. The molecule has 0 aromatic heterocycles. The van der Waals surface area contributed by atoms with Crippen LogP contribution in [0.4, 0.5) is 0 Å². The summed E-state index contributed by atoms with van der Waals surface area (Å²) in [7, 11) is 1.71. The lowest BCUT2D eigenvalue weighted by Gasteiger charge is -2.23. The number of nitrogens with one attached hydrogen (secondary N) is 1. The first-order valence-corrected chi connectivity index (χ1v) is 7.28. The third-order valence-electron chi connectivity index (χ3n) is 3.47. The van der Waals surface area contributed by atoms with Gasteiger partial charge < -0.3 is 15.0 Å². The molecule has 0 saturated carbocycles. The summed E-state index contributed by atoms with van der Waals surface area (Å²) in [6, 6.07) is 8.83. The summed E-state index contributed by atoms with van der Waals surface area (Å²) in [6.07, 6.45) is 1.04. The quantitative estimate of drug-likeness (QED) is 0.742. The average Bonchev–Trinajstić information content (AvgIpc) is 2.45. The molecule has 0 radical (unpaired) electrons. The van der Waals surface area contributed by atoms with Crippen molar-refractivity contribution < 1.29 is 4.74 Å². The van der Waals surface area contributed by atoms with E-state index >= 15 is 0 Å². The summed E-state index contributed by atoms with van der Waals surface area (Å²) < 4.78 is 5.24. The van der Waals surface area contributed by atoms with Crippen LogP contribution in [-0.2, 0) is 6.42 Å². The largest absolute Gasteiger partial charge is 0.497 e. The van der Waals surface area contributed by atoms with E-state index in [1.165, 1.54) is 5.56 Å². The maximum Gasteiger partial charge on any atom is 0.119 e. The van der Waals surface area contributed by atoms with E-state index in [4.69, 9.17) is 4.74 Å². The van der Waals surface area contributed by atoms with Gasteiger partial charge in [0.1, 0.15) is 5.75 Å². The molecular formula is C16H28N2O. The van der Waals surface area contributed by atoms with E-state index in [-0.39, 0.29) is 0 Å². The molecule has 1 unspecified atom stereocenters. The Morgan fingerprint density at radius 1 is 1.26 bits per heavy atom. The van der Waals surface area contributed by atoms with Crippen LogP contribution in [0, 0.1) is 0 Å². The minimum absolute atomic E-state index is 0.533. The van der Waals surface area contributed by atoms with Gasteiger partial charge in [-0.15, -0.1) is 0 Å². The third kappa shape index (κ3) is 6.08. The van der Waals surface area contributed by atoms with Gasteiger partial charge in [-0.2, -0.15) is 0 Å². The average molecular weight is 264 g/mol. The minimum Gasteiger partial charge on any atom is -0.497 e. The molecule has 108 valence electrons. The maximum absolute atomic E-state index is 5.24. The van der Waals surface area contributed by atoms with Gasteiger partial charge in [0.2, 0.25) is 0 Å². The van der Waals surface area contributed by atoms with E-state index in [0.717, 1.165) is 38.3 Å². The molecule has 1 aromatic carbocycles. The molecule has 0 saturated heterocycles. The maximum atomic E-state index is 5.24. The van der Waals surface area contributed by atoms with Gasteiger partial charge in [-0.05, 0) is 50.7 Å². The zero-order valence-electron chi connectivity index (χ0n) is 12.8. The van der Waals surface area contributed by atoms with Crippen LogP contribution in [0.2, 0.25) is 0 Å². The van der Waals surface area contributed by atoms with E-state index in [0.29, 0.717) is 6.04 Å². The van der Waals surface area contributed by atoms with Crippen molar-refractivity contribution >= 4 is 0 Å². The zero-order chi connectivity index (χ0) is 14.1. The van der Waals surface area contributed by atoms with E-state index in [2.05, 4.69) is 43.1 Å². The SMILES string of the molecule is CCN(CC)CC(C)NCCc1cccc(OC)c1. The highest BCUT2D eigenvalue weighted by molar-refractivity contribution is 5.28. The fraction of sp³-hybridized carbons (Fsp3) is 0.625. The standard InChI is InChI=1S/C16H28N2O/c1-5-18(6-2)13-14(3)17-11-10-15-8-7-9-16(12-15)19-4/h7-9,12,14,17H,5-6,10-11,13H2,1-4H3.